The van der Waals surface area contributed by atoms with Crippen molar-refractivity contribution in [1.82, 2.24) is 9.97 Å². The molecule has 4 nitrogen and oxygen atoms in total. The molecular formula is C12H12BrN3O. The molecule has 0 radical (unpaired) electrons. The molecule has 2 aromatic rings. The van der Waals surface area contributed by atoms with E-state index < -0.39 is 0 Å². The number of anilines is 1. The zero-order valence-corrected chi connectivity index (χ0v) is 10.9. The summed E-state index contributed by atoms with van der Waals surface area (Å²) >= 11 is 3.31. The predicted molar refractivity (Wildman–Crippen MR) is 69.8 cm³/mol. The number of hydrogen-bond donors (Lipinski definition) is 1. The van der Waals surface area contributed by atoms with Gasteiger partial charge in [0.1, 0.15) is 5.82 Å². The summed E-state index contributed by atoms with van der Waals surface area (Å²) in [6, 6.07) is 5.56. The van der Waals surface area contributed by atoms with Crippen LogP contribution in [0, 0.1) is 0 Å². The van der Waals surface area contributed by atoms with E-state index in [0.717, 1.165) is 10.0 Å². The number of nitrogens with one attached hydrogen (secondary N) is 1. The van der Waals surface area contributed by atoms with Gasteiger partial charge in [0, 0.05) is 30.1 Å². The molecule has 2 aromatic heterocycles. The van der Waals surface area contributed by atoms with E-state index in [-0.39, 0.29) is 5.91 Å². The number of halogens is 1. The number of aromatic amines is 1. The van der Waals surface area contributed by atoms with Gasteiger partial charge in [-0.2, -0.15) is 0 Å². The van der Waals surface area contributed by atoms with Gasteiger partial charge >= 0.3 is 0 Å². The van der Waals surface area contributed by atoms with Gasteiger partial charge in [-0.15, -0.1) is 0 Å². The molecule has 2 heterocycles. The van der Waals surface area contributed by atoms with Crippen LogP contribution >= 0.6 is 15.9 Å². The van der Waals surface area contributed by atoms with Gasteiger partial charge < -0.3 is 4.98 Å². The number of aromatic nitrogens is 2. The zero-order valence-electron chi connectivity index (χ0n) is 9.35. The molecule has 0 atom stereocenters. The molecule has 88 valence electrons. The molecule has 0 aromatic carbocycles. The van der Waals surface area contributed by atoms with Gasteiger partial charge in [0.2, 0.25) is 5.91 Å². The maximum Gasteiger partial charge on any atom is 0.232 e. The summed E-state index contributed by atoms with van der Waals surface area (Å²) in [5.41, 5.74) is 0.971. The van der Waals surface area contributed by atoms with Crippen molar-refractivity contribution in [2.24, 2.45) is 0 Å². The molecule has 1 amide bonds. The quantitative estimate of drug-likeness (QED) is 0.945. The second kappa shape index (κ2) is 5.14. The molecule has 0 saturated carbocycles. The number of carbonyl (C=O) groups is 1. The van der Waals surface area contributed by atoms with Crippen molar-refractivity contribution in [2.75, 3.05) is 11.9 Å². The molecule has 0 aliphatic rings. The molecule has 0 aliphatic heterocycles. The number of pyridine rings is 1. The third-order valence-electron chi connectivity index (χ3n) is 2.45. The van der Waals surface area contributed by atoms with Crippen molar-refractivity contribution < 1.29 is 4.79 Å². The van der Waals surface area contributed by atoms with E-state index in [0.29, 0.717) is 12.2 Å². The predicted octanol–water partition coefficient (Wildman–Crippen LogP) is 2.38. The lowest BCUT2D eigenvalue weighted by Gasteiger charge is -2.15. The Balaban J connectivity index is 2.07. The van der Waals surface area contributed by atoms with Crippen LogP contribution in [-0.2, 0) is 11.2 Å². The molecule has 0 unspecified atom stereocenters. The lowest BCUT2D eigenvalue weighted by Crippen LogP contribution is -2.28. The average molecular weight is 294 g/mol. The lowest BCUT2D eigenvalue weighted by molar-refractivity contribution is -0.117. The van der Waals surface area contributed by atoms with Gasteiger partial charge in [-0.25, -0.2) is 4.98 Å². The number of carbonyl (C=O) groups excluding carboxylic acids is 1. The van der Waals surface area contributed by atoms with E-state index in [4.69, 9.17) is 0 Å². The van der Waals surface area contributed by atoms with Crippen LogP contribution in [0.2, 0.25) is 0 Å². The third kappa shape index (κ3) is 2.94. The second-order valence-corrected chi connectivity index (χ2v) is 4.60. The lowest BCUT2D eigenvalue weighted by atomic mass is 10.2. The fraction of sp³-hybridized carbons (Fsp3) is 0.167. The van der Waals surface area contributed by atoms with Gasteiger partial charge in [-0.3, -0.25) is 9.69 Å². The maximum atomic E-state index is 12.0. The Morgan fingerprint density at radius 3 is 2.88 bits per heavy atom. The van der Waals surface area contributed by atoms with Gasteiger partial charge in [0.25, 0.3) is 0 Å². The van der Waals surface area contributed by atoms with Crippen molar-refractivity contribution >= 4 is 27.7 Å². The Bertz CT molecular complexity index is 493. The molecule has 0 saturated heterocycles. The SMILES string of the molecule is CN(C(=O)Cc1cc[nH]c1)c1ccc(Br)cn1. The monoisotopic (exact) mass is 293 g/mol. The summed E-state index contributed by atoms with van der Waals surface area (Å²) in [5.74, 6) is 0.660. The Morgan fingerprint density at radius 2 is 2.29 bits per heavy atom. The van der Waals surface area contributed by atoms with E-state index in [1.165, 1.54) is 0 Å². The maximum absolute atomic E-state index is 12.0. The van der Waals surface area contributed by atoms with Crippen molar-refractivity contribution in [3.8, 4) is 0 Å². The smallest absolute Gasteiger partial charge is 0.232 e. The van der Waals surface area contributed by atoms with Crippen LogP contribution in [0.1, 0.15) is 5.56 Å². The van der Waals surface area contributed by atoms with Crippen molar-refractivity contribution in [3.05, 3.63) is 46.8 Å². The van der Waals surface area contributed by atoms with E-state index in [9.17, 15) is 4.79 Å². The molecule has 0 bridgehead atoms. The Hall–Kier alpha value is -1.62. The van der Waals surface area contributed by atoms with Crippen molar-refractivity contribution in [3.63, 3.8) is 0 Å². The van der Waals surface area contributed by atoms with E-state index in [1.807, 2.05) is 18.3 Å². The Kier molecular flexibility index (Phi) is 3.58. The highest BCUT2D eigenvalue weighted by Gasteiger charge is 2.12. The van der Waals surface area contributed by atoms with Crippen LogP contribution in [0.4, 0.5) is 5.82 Å². The standard InChI is InChI=1S/C12H12BrN3O/c1-16(11-3-2-10(13)8-15-11)12(17)6-9-4-5-14-7-9/h2-5,7-8,14H,6H2,1H3. The summed E-state index contributed by atoms with van der Waals surface area (Å²) in [5, 5.41) is 0. The van der Waals surface area contributed by atoms with E-state index in [1.54, 1.807) is 30.4 Å². The Labute approximate surface area is 108 Å². The number of nitrogens with zero attached hydrogens (tertiary/aromatic N) is 2. The summed E-state index contributed by atoms with van der Waals surface area (Å²) < 4.78 is 0.896. The minimum absolute atomic E-state index is 0.0134. The largest absolute Gasteiger partial charge is 0.367 e. The number of H-pyrrole nitrogens is 1. The summed E-state index contributed by atoms with van der Waals surface area (Å²) in [4.78, 5) is 20.6. The molecular weight excluding hydrogens is 282 g/mol. The summed E-state index contributed by atoms with van der Waals surface area (Å²) in [7, 11) is 1.73. The molecule has 1 N–H and O–H groups in total. The van der Waals surface area contributed by atoms with Gasteiger partial charge in [0.15, 0.2) is 0 Å². The van der Waals surface area contributed by atoms with Crippen LogP contribution in [0.3, 0.4) is 0 Å². The topological polar surface area (TPSA) is 49.0 Å². The molecule has 0 aliphatic carbocycles. The van der Waals surface area contributed by atoms with Crippen LogP contribution < -0.4 is 4.90 Å². The van der Waals surface area contributed by atoms with E-state index >= 15 is 0 Å². The Morgan fingerprint density at radius 1 is 1.47 bits per heavy atom. The number of likely N-dealkylation sites (N-methyl/N-ethyl adjacent to an activating group) is 1. The highest BCUT2D eigenvalue weighted by Crippen LogP contribution is 2.14. The van der Waals surface area contributed by atoms with Gasteiger partial charge in [-0.1, -0.05) is 0 Å². The third-order valence-corrected chi connectivity index (χ3v) is 2.92. The van der Waals surface area contributed by atoms with Gasteiger partial charge in [-0.05, 0) is 39.7 Å². The van der Waals surface area contributed by atoms with E-state index in [2.05, 4.69) is 25.9 Å². The zero-order chi connectivity index (χ0) is 12.3. The van der Waals surface area contributed by atoms with Crippen LogP contribution in [0.5, 0.6) is 0 Å². The average Bonchev–Trinajstić information content (AvgIpc) is 2.82. The first-order valence-corrected chi connectivity index (χ1v) is 5.96. The highest BCUT2D eigenvalue weighted by atomic mass is 79.9. The summed E-state index contributed by atoms with van der Waals surface area (Å²) in [6.07, 6.45) is 5.67. The first-order chi connectivity index (χ1) is 8.16. The van der Waals surface area contributed by atoms with Crippen molar-refractivity contribution in [1.29, 1.82) is 0 Å². The molecule has 17 heavy (non-hydrogen) atoms. The van der Waals surface area contributed by atoms with Gasteiger partial charge in [0.05, 0.1) is 6.42 Å². The fourth-order valence-electron chi connectivity index (χ4n) is 1.46. The van der Waals surface area contributed by atoms with Crippen LogP contribution in [-0.4, -0.2) is 22.9 Å². The minimum Gasteiger partial charge on any atom is -0.367 e. The first kappa shape index (κ1) is 11.9. The molecule has 0 spiro atoms. The summed E-state index contributed by atoms with van der Waals surface area (Å²) in [6.45, 7) is 0. The molecule has 5 heteroatoms. The number of rotatable bonds is 3. The number of hydrogen-bond acceptors (Lipinski definition) is 2. The second-order valence-electron chi connectivity index (χ2n) is 3.68. The number of amides is 1. The highest BCUT2D eigenvalue weighted by molar-refractivity contribution is 9.10. The fourth-order valence-corrected chi connectivity index (χ4v) is 1.69. The minimum atomic E-state index is 0.0134. The first-order valence-electron chi connectivity index (χ1n) is 5.16. The molecule has 2 rings (SSSR count). The van der Waals surface area contributed by atoms with Crippen LogP contribution in [0.15, 0.2) is 41.3 Å². The van der Waals surface area contributed by atoms with Crippen molar-refractivity contribution in [2.45, 2.75) is 6.42 Å². The van der Waals surface area contributed by atoms with Crippen LogP contribution in [0.25, 0.3) is 0 Å². The molecule has 0 fully saturated rings. The normalized spacial score (nSPS) is 10.2.